The number of hydrogen-bond acceptors (Lipinski definition) is 2. The number of nitrogens with one attached hydrogen (secondary N) is 1. The molecule has 3 heteroatoms. The summed E-state index contributed by atoms with van der Waals surface area (Å²) in [5, 5.41) is 3.65. The van der Waals surface area contributed by atoms with Crippen LogP contribution in [0.3, 0.4) is 0 Å². The lowest BCUT2D eigenvalue weighted by Crippen LogP contribution is -2.30. The van der Waals surface area contributed by atoms with Gasteiger partial charge in [-0.15, -0.1) is 0 Å². The van der Waals surface area contributed by atoms with Crippen LogP contribution < -0.4 is 11.1 Å². The monoisotopic (exact) mass is 282 g/mol. The van der Waals surface area contributed by atoms with Crippen LogP contribution >= 0.6 is 15.9 Å². The van der Waals surface area contributed by atoms with Crippen molar-refractivity contribution >= 4 is 15.9 Å². The molecule has 1 aliphatic rings. The lowest BCUT2D eigenvalue weighted by atomic mass is 10.1. The van der Waals surface area contributed by atoms with E-state index in [9.17, 15) is 0 Å². The molecule has 0 bridgehead atoms. The molecule has 3 atom stereocenters. The van der Waals surface area contributed by atoms with E-state index in [4.69, 9.17) is 5.73 Å². The molecular formula is C13H19BrN2. The number of halogens is 1. The van der Waals surface area contributed by atoms with Crippen LogP contribution in [-0.2, 0) is 0 Å². The molecule has 2 nitrogen and oxygen atoms in total. The number of rotatable bonds is 3. The van der Waals surface area contributed by atoms with Gasteiger partial charge in [0.25, 0.3) is 0 Å². The molecule has 2 unspecified atom stereocenters. The van der Waals surface area contributed by atoms with Gasteiger partial charge in [0.1, 0.15) is 0 Å². The van der Waals surface area contributed by atoms with Gasteiger partial charge in [-0.25, -0.2) is 0 Å². The Balaban J connectivity index is 1.92. The zero-order chi connectivity index (χ0) is 11.5. The molecular weight excluding hydrogens is 264 g/mol. The molecule has 1 saturated carbocycles. The average molecular weight is 283 g/mol. The van der Waals surface area contributed by atoms with Crippen LogP contribution in [0.4, 0.5) is 0 Å². The molecule has 88 valence electrons. The van der Waals surface area contributed by atoms with Gasteiger partial charge in [-0.3, -0.25) is 0 Å². The van der Waals surface area contributed by atoms with Gasteiger partial charge in [-0.2, -0.15) is 0 Å². The van der Waals surface area contributed by atoms with Gasteiger partial charge in [0, 0.05) is 22.6 Å². The number of benzene rings is 1. The maximum absolute atomic E-state index is 5.91. The first-order valence-corrected chi connectivity index (χ1v) is 6.71. The van der Waals surface area contributed by atoms with Crippen molar-refractivity contribution in [2.24, 2.45) is 5.73 Å². The minimum absolute atomic E-state index is 0.398. The summed E-state index contributed by atoms with van der Waals surface area (Å²) < 4.78 is 1.13. The van der Waals surface area contributed by atoms with Crippen molar-refractivity contribution in [2.75, 3.05) is 0 Å². The highest BCUT2D eigenvalue weighted by molar-refractivity contribution is 9.10. The van der Waals surface area contributed by atoms with Crippen LogP contribution in [0.1, 0.15) is 37.8 Å². The molecule has 0 amide bonds. The summed E-state index contributed by atoms with van der Waals surface area (Å²) in [6.45, 7) is 2.22. The second-order valence-corrected chi connectivity index (χ2v) is 5.63. The summed E-state index contributed by atoms with van der Waals surface area (Å²) in [4.78, 5) is 0. The number of nitrogens with two attached hydrogens (primary N) is 1. The maximum atomic E-state index is 5.91. The van der Waals surface area contributed by atoms with Gasteiger partial charge < -0.3 is 11.1 Å². The highest BCUT2D eigenvalue weighted by Gasteiger charge is 2.22. The van der Waals surface area contributed by atoms with Gasteiger partial charge in [-0.05, 0) is 43.9 Å². The van der Waals surface area contributed by atoms with Gasteiger partial charge in [0.2, 0.25) is 0 Å². The van der Waals surface area contributed by atoms with Crippen LogP contribution in [0.5, 0.6) is 0 Å². The fourth-order valence-electron chi connectivity index (χ4n) is 2.37. The summed E-state index contributed by atoms with van der Waals surface area (Å²) in [6, 6.07) is 9.90. The van der Waals surface area contributed by atoms with Crippen molar-refractivity contribution in [2.45, 2.75) is 44.3 Å². The van der Waals surface area contributed by atoms with E-state index in [0.717, 1.165) is 17.3 Å². The minimum atomic E-state index is 0.398. The van der Waals surface area contributed by atoms with Crippen molar-refractivity contribution in [1.82, 2.24) is 5.32 Å². The van der Waals surface area contributed by atoms with E-state index >= 15 is 0 Å². The summed E-state index contributed by atoms with van der Waals surface area (Å²) in [5.41, 5.74) is 7.25. The second-order valence-electron chi connectivity index (χ2n) is 4.71. The van der Waals surface area contributed by atoms with Crippen molar-refractivity contribution in [3.05, 3.63) is 34.3 Å². The molecule has 0 spiro atoms. The predicted molar refractivity (Wildman–Crippen MR) is 71.3 cm³/mol. The van der Waals surface area contributed by atoms with Gasteiger partial charge >= 0.3 is 0 Å². The van der Waals surface area contributed by atoms with Crippen molar-refractivity contribution in [1.29, 1.82) is 0 Å². The zero-order valence-electron chi connectivity index (χ0n) is 9.62. The van der Waals surface area contributed by atoms with Crippen molar-refractivity contribution in [3.63, 3.8) is 0 Å². The molecule has 0 heterocycles. The molecule has 0 radical (unpaired) electrons. The summed E-state index contributed by atoms with van der Waals surface area (Å²) in [6.07, 6.45) is 3.48. The lowest BCUT2D eigenvalue weighted by Gasteiger charge is -2.19. The molecule has 1 aromatic carbocycles. The Hall–Kier alpha value is -0.380. The maximum Gasteiger partial charge on any atom is 0.0294 e. The Labute approximate surface area is 106 Å². The highest BCUT2D eigenvalue weighted by atomic mass is 79.9. The molecule has 0 aliphatic heterocycles. The predicted octanol–water partition coefficient (Wildman–Crippen LogP) is 2.98. The van der Waals surface area contributed by atoms with Crippen LogP contribution in [0, 0.1) is 0 Å². The molecule has 0 saturated heterocycles. The van der Waals surface area contributed by atoms with Crippen molar-refractivity contribution < 1.29 is 0 Å². The van der Waals surface area contributed by atoms with Gasteiger partial charge in [-0.1, -0.05) is 28.1 Å². The standard InChI is InChI=1S/C13H19BrN2/c1-9(10-2-4-11(14)5-3-10)16-13-7-6-12(15)8-13/h2-5,9,12-13,16H,6-8,15H2,1H3/t9-,12?,13?/m0/s1. The molecule has 1 aromatic rings. The Kier molecular flexibility index (Phi) is 4.00. The first-order chi connectivity index (χ1) is 7.65. The average Bonchev–Trinajstić information content (AvgIpc) is 2.65. The van der Waals surface area contributed by atoms with Crippen LogP contribution in [0.2, 0.25) is 0 Å². The molecule has 0 aromatic heterocycles. The first-order valence-electron chi connectivity index (χ1n) is 5.92. The quantitative estimate of drug-likeness (QED) is 0.895. The lowest BCUT2D eigenvalue weighted by molar-refractivity contribution is 0.457. The summed E-state index contributed by atoms with van der Waals surface area (Å²) in [7, 11) is 0. The van der Waals surface area contributed by atoms with E-state index in [2.05, 4.69) is 52.4 Å². The Morgan fingerprint density at radius 2 is 2.00 bits per heavy atom. The van der Waals surface area contributed by atoms with Crippen LogP contribution in [0.25, 0.3) is 0 Å². The Morgan fingerprint density at radius 3 is 2.56 bits per heavy atom. The third-order valence-corrected chi connectivity index (χ3v) is 3.86. The fourth-order valence-corrected chi connectivity index (χ4v) is 2.63. The largest absolute Gasteiger partial charge is 0.328 e. The van der Waals surface area contributed by atoms with E-state index in [1.807, 2.05) is 0 Å². The normalized spacial score (nSPS) is 26.9. The van der Waals surface area contributed by atoms with Gasteiger partial charge in [0.05, 0.1) is 0 Å². The Morgan fingerprint density at radius 1 is 1.31 bits per heavy atom. The third-order valence-electron chi connectivity index (χ3n) is 3.33. The van der Waals surface area contributed by atoms with Gasteiger partial charge in [0.15, 0.2) is 0 Å². The second kappa shape index (κ2) is 5.30. The molecule has 1 fully saturated rings. The Bertz CT molecular complexity index is 336. The molecule has 16 heavy (non-hydrogen) atoms. The van der Waals surface area contributed by atoms with E-state index in [1.165, 1.54) is 12.0 Å². The number of hydrogen-bond donors (Lipinski definition) is 2. The summed E-state index contributed by atoms with van der Waals surface area (Å²) in [5.74, 6) is 0. The SMILES string of the molecule is C[C@H](NC1CCC(N)C1)c1ccc(Br)cc1. The van der Waals surface area contributed by atoms with E-state index in [0.29, 0.717) is 18.1 Å². The van der Waals surface area contributed by atoms with Crippen LogP contribution in [-0.4, -0.2) is 12.1 Å². The third kappa shape index (κ3) is 3.06. The topological polar surface area (TPSA) is 38.0 Å². The van der Waals surface area contributed by atoms with Crippen molar-refractivity contribution in [3.8, 4) is 0 Å². The highest BCUT2D eigenvalue weighted by Crippen LogP contribution is 2.22. The zero-order valence-corrected chi connectivity index (χ0v) is 11.2. The fraction of sp³-hybridized carbons (Fsp3) is 0.538. The first kappa shape index (κ1) is 12.1. The van der Waals surface area contributed by atoms with Crippen LogP contribution in [0.15, 0.2) is 28.7 Å². The minimum Gasteiger partial charge on any atom is -0.328 e. The van der Waals surface area contributed by atoms with E-state index in [-0.39, 0.29) is 0 Å². The summed E-state index contributed by atoms with van der Waals surface area (Å²) >= 11 is 3.45. The molecule has 3 N–H and O–H groups in total. The molecule has 1 aliphatic carbocycles. The van der Waals surface area contributed by atoms with E-state index in [1.54, 1.807) is 0 Å². The van der Waals surface area contributed by atoms with E-state index < -0.39 is 0 Å². The smallest absolute Gasteiger partial charge is 0.0294 e. The molecule has 2 rings (SSSR count).